The Morgan fingerprint density at radius 3 is 2.58 bits per heavy atom. The maximum atomic E-state index is 10.3. The van der Waals surface area contributed by atoms with Crippen LogP contribution >= 0.6 is 11.3 Å². The number of aliphatic hydroxyl groups is 1. The topological polar surface area (TPSA) is 29.5 Å². The first-order chi connectivity index (χ1) is 8.90. The molecule has 1 N–H and O–H groups in total. The van der Waals surface area contributed by atoms with Crippen LogP contribution in [0.1, 0.15) is 62.8 Å². The van der Waals surface area contributed by atoms with Crippen molar-refractivity contribution < 1.29 is 9.84 Å². The Morgan fingerprint density at radius 2 is 2.05 bits per heavy atom. The molecule has 1 aliphatic rings. The molecule has 0 radical (unpaired) electrons. The highest BCUT2D eigenvalue weighted by Gasteiger charge is 2.31. The van der Waals surface area contributed by atoms with E-state index in [1.165, 1.54) is 4.88 Å². The second kappa shape index (κ2) is 5.94. The van der Waals surface area contributed by atoms with Crippen molar-refractivity contribution in [3.8, 4) is 0 Å². The van der Waals surface area contributed by atoms with E-state index >= 15 is 0 Å². The Labute approximate surface area is 120 Å². The average Bonchev–Trinajstić information content (AvgIpc) is 2.74. The Kier molecular flexibility index (Phi) is 4.70. The Bertz CT molecular complexity index is 399. The van der Waals surface area contributed by atoms with Crippen molar-refractivity contribution in [1.82, 2.24) is 0 Å². The maximum absolute atomic E-state index is 10.3. The van der Waals surface area contributed by atoms with Crippen LogP contribution < -0.4 is 0 Å². The van der Waals surface area contributed by atoms with Gasteiger partial charge in [0.25, 0.3) is 0 Å². The Morgan fingerprint density at radius 1 is 1.37 bits per heavy atom. The molecule has 1 aromatic heterocycles. The Hall–Kier alpha value is -0.380. The normalized spacial score (nSPS) is 25.1. The first-order valence-electron chi connectivity index (χ1n) is 7.30. The number of hydrogen-bond acceptors (Lipinski definition) is 3. The van der Waals surface area contributed by atoms with E-state index in [9.17, 15) is 5.11 Å². The summed E-state index contributed by atoms with van der Waals surface area (Å²) in [4.78, 5) is 2.46. The van der Waals surface area contributed by atoms with Crippen LogP contribution in [0.4, 0.5) is 0 Å². The van der Waals surface area contributed by atoms with Crippen LogP contribution in [-0.4, -0.2) is 17.8 Å². The number of aliphatic hydroxyl groups excluding tert-OH is 1. The molecule has 0 saturated heterocycles. The van der Waals surface area contributed by atoms with E-state index in [4.69, 9.17) is 4.74 Å². The van der Waals surface area contributed by atoms with Gasteiger partial charge in [0, 0.05) is 16.4 Å². The van der Waals surface area contributed by atoms with Gasteiger partial charge >= 0.3 is 0 Å². The maximum Gasteiger partial charge on any atom is 0.0884 e. The van der Waals surface area contributed by atoms with Crippen LogP contribution in [0.15, 0.2) is 12.1 Å². The summed E-state index contributed by atoms with van der Waals surface area (Å²) in [7, 11) is 0. The van der Waals surface area contributed by atoms with Crippen molar-refractivity contribution in [3.05, 3.63) is 21.9 Å². The molecule has 1 heterocycles. The first kappa shape index (κ1) is 15.0. The average molecular weight is 282 g/mol. The molecular formula is C16H26O2S. The van der Waals surface area contributed by atoms with Crippen molar-refractivity contribution in [3.63, 3.8) is 0 Å². The minimum absolute atomic E-state index is 0.180. The molecule has 0 aliphatic heterocycles. The zero-order chi connectivity index (χ0) is 14.0. The van der Waals surface area contributed by atoms with Gasteiger partial charge in [-0.3, -0.25) is 0 Å². The smallest absolute Gasteiger partial charge is 0.0884 e. The van der Waals surface area contributed by atoms with Crippen molar-refractivity contribution in [2.45, 2.75) is 64.6 Å². The van der Waals surface area contributed by atoms with Crippen molar-refractivity contribution >= 4 is 11.3 Å². The SMILES string of the molecule is CCOC1CC(CC(O)c2ccc(C(C)(C)C)s2)C1. The minimum Gasteiger partial charge on any atom is -0.388 e. The molecule has 0 bridgehead atoms. The molecular weight excluding hydrogens is 256 g/mol. The second-order valence-electron chi connectivity index (χ2n) is 6.62. The van der Waals surface area contributed by atoms with E-state index in [0.717, 1.165) is 30.7 Å². The van der Waals surface area contributed by atoms with Gasteiger partial charge in [0.2, 0.25) is 0 Å². The molecule has 1 fully saturated rings. The molecule has 19 heavy (non-hydrogen) atoms. The van der Waals surface area contributed by atoms with Crippen LogP contribution in [0, 0.1) is 5.92 Å². The molecule has 0 amide bonds. The lowest BCUT2D eigenvalue weighted by atomic mass is 9.78. The summed E-state index contributed by atoms with van der Waals surface area (Å²) in [5, 5.41) is 10.3. The molecule has 1 aromatic rings. The van der Waals surface area contributed by atoms with Gasteiger partial charge in [-0.15, -0.1) is 11.3 Å². The van der Waals surface area contributed by atoms with Gasteiger partial charge < -0.3 is 9.84 Å². The fraction of sp³-hybridized carbons (Fsp3) is 0.750. The fourth-order valence-corrected chi connectivity index (χ4v) is 3.67. The highest BCUT2D eigenvalue weighted by molar-refractivity contribution is 7.12. The lowest BCUT2D eigenvalue weighted by Gasteiger charge is -2.35. The van der Waals surface area contributed by atoms with Crippen LogP contribution in [0.25, 0.3) is 0 Å². The summed E-state index contributed by atoms with van der Waals surface area (Å²) in [6.45, 7) is 9.50. The molecule has 2 rings (SSSR count). The standard InChI is InChI=1S/C16H26O2S/c1-5-18-12-8-11(9-12)10-13(17)14-6-7-15(19-14)16(2,3)4/h6-7,11-13,17H,5,8-10H2,1-4H3. The molecule has 3 heteroatoms. The lowest BCUT2D eigenvalue weighted by Crippen LogP contribution is -2.32. The predicted molar refractivity (Wildman–Crippen MR) is 80.7 cm³/mol. The highest BCUT2D eigenvalue weighted by atomic mass is 32.1. The summed E-state index contributed by atoms with van der Waals surface area (Å²) in [6.07, 6.45) is 3.25. The van der Waals surface area contributed by atoms with Crippen LogP contribution in [-0.2, 0) is 10.2 Å². The van der Waals surface area contributed by atoms with Gasteiger partial charge in [0.05, 0.1) is 12.2 Å². The second-order valence-corrected chi connectivity index (χ2v) is 7.73. The van der Waals surface area contributed by atoms with E-state index in [2.05, 4.69) is 32.9 Å². The van der Waals surface area contributed by atoms with Crippen molar-refractivity contribution in [2.24, 2.45) is 5.92 Å². The molecule has 1 saturated carbocycles. The zero-order valence-electron chi connectivity index (χ0n) is 12.5. The van der Waals surface area contributed by atoms with Crippen LogP contribution in [0.2, 0.25) is 0 Å². The number of thiophene rings is 1. The largest absolute Gasteiger partial charge is 0.388 e. The van der Waals surface area contributed by atoms with Crippen LogP contribution in [0.3, 0.4) is 0 Å². The first-order valence-corrected chi connectivity index (χ1v) is 8.11. The van der Waals surface area contributed by atoms with Crippen molar-refractivity contribution in [1.29, 1.82) is 0 Å². The quantitative estimate of drug-likeness (QED) is 0.873. The Balaban J connectivity index is 1.84. The monoisotopic (exact) mass is 282 g/mol. The molecule has 2 nitrogen and oxygen atoms in total. The van der Waals surface area contributed by atoms with Gasteiger partial charge in [0.15, 0.2) is 0 Å². The van der Waals surface area contributed by atoms with E-state index in [1.54, 1.807) is 11.3 Å². The highest BCUT2D eigenvalue weighted by Crippen LogP contribution is 2.39. The van der Waals surface area contributed by atoms with Gasteiger partial charge in [-0.1, -0.05) is 20.8 Å². The van der Waals surface area contributed by atoms with E-state index in [0.29, 0.717) is 12.0 Å². The van der Waals surface area contributed by atoms with Gasteiger partial charge in [-0.05, 0) is 49.7 Å². The van der Waals surface area contributed by atoms with Crippen molar-refractivity contribution in [2.75, 3.05) is 6.61 Å². The van der Waals surface area contributed by atoms with Gasteiger partial charge in [0.1, 0.15) is 0 Å². The summed E-state index contributed by atoms with van der Waals surface area (Å²) >= 11 is 1.75. The predicted octanol–water partition coefficient (Wildman–Crippen LogP) is 4.28. The van der Waals surface area contributed by atoms with E-state index in [-0.39, 0.29) is 11.5 Å². The van der Waals surface area contributed by atoms with Crippen LogP contribution in [0.5, 0.6) is 0 Å². The van der Waals surface area contributed by atoms with Gasteiger partial charge in [-0.2, -0.15) is 0 Å². The fourth-order valence-electron chi connectivity index (χ4n) is 2.61. The number of ether oxygens (including phenoxy) is 1. The summed E-state index contributed by atoms with van der Waals surface area (Å²) in [6, 6.07) is 4.25. The van der Waals surface area contributed by atoms with E-state index in [1.807, 2.05) is 6.92 Å². The molecule has 1 aliphatic carbocycles. The molecule has 1 unspecified atom stereocenters. The minimum atomic E-state index is -0.298. The zero-order valence-corrected chi connectivity index (χ0v) is 13.3. The van der Waals surface area contributed by atoms with E-state index < -0.39 is 0 Å². The third kappa shape index (κ3) is 3.80. The molecule has 0 aromatic carbocycles. The lowest BCUT2D eigenvalue weighted by molar-refractivity contribution is -0.0377. The third-order valence-corrected chi connectivity index (χ3v) is 5.46. The summed E-state index contributed by atoms with van der Waals surface area (Å²) in [5.41, 5.74) is 0.180. The molecule has 108 valence electrons. The summed E-state index contributed by atoms with van der Waals surface area (Å²) in [5.74, 6) is 0.631. The molecule has 0 spiro atoms. The molecule has 1 atom stereocenters. The summed E-state index contributed by atoms with van der Waals surface area (Å²) < 4.78 is 5.57. The number of hydrogen-bond donors (Lipinski definition) is 1. The van der Waals surface area contributed by atoms with Gasteiger partial charge in [-0.25, -0.2) is 0 Å². The number of rotatable bonds is 5. The third-order valence-electron chi connectivity index (χ3n) is 3.85.